The molecule has 0 spiro atoms. The van der Waals surface area contributed by atoms with Gasteiger partial charge in [0, 0.05) is 0 Å². The highest BCUT2D eigenvalue weighted by Crippen LogP contribution is 2.10. The number of methoxy groups -OCH3 is 1. The number of carbonyl (C=O) groups excluding carboxylic acids is 1. The highest BCUT2D eigenvalue weighted by molar-refractivity contribution is 6.08. The van der Waals surface area contributed by atoms with Crippen molar-refractivity contribution >= 4 is 13.8 Å². The van der Waals surface area contributed by atoms with Crippen molar-refractivity contribution in [2.75, 3.05) is 7.11 Å². The molecular weight excluding hydrogens is 163 g/mol. The zero-order chi connectivity index (χ0) is 9.84. The van der Waals surface area contributed by atoms with Gasteiger partial charge in [0.05, 0.1) is 12.7 Å². The van der Waals surface area contributed by atoms with E-state index < -0.39 is 0 Å². The van der Waals surface area contributed by atoms with Crippen LogP contribution >= 0.6 is 0 Å². The molecule has 0 fully saturated rings. The van der Waals surface area contributed by atoms with Crippen LogP contribution in [0, 0.1) is 6.92 Å². The van der Waals surface area contributed by atoms with E-state index in [2.05, 4.69) is 18.6 Å². The lowest BCUT2D eigenvalue weighted by molar-refractivity contribution is 0.0600. The third-order valence-electron chi connectivity index (χ3n) is 1.97. The second-order valence-electron chi connectivity index (χ2n) is 3.05. The number of benzene rings is 1. The Hall–Kier alpha value is -1.25. The van der Waals surface area contributed by atoms with Crippen molar-refractivity contribution in [2.45, 2.75) is 13.2 Å². The Balaban J connectivity index is 3.08. The number of carbonyl (C=O) groups is 1. The summed E-state index contributed by atoms with van der Waals surface area (Å²) >= 11 is 0. The van der Waals surface area contributed by atoms with Crippen molar-refractivity contribution in [3.63, 3.8) is 0 Å². The van der Waals surface area contributed by atoms with Crippen molar-refractivity contribution in [3.8, 4) is 0 Å². The third-order valence-corrected chi connectivity index (χ3v) is 1.97. The summed E-state index contributed by atoms with van der Waals surface area (Å²) in [4.78, 5) is 11.2. The summed E-state index contributed by atoms with van der Waals surface area (Å²) in [6.07, 6.45) is 0.936. The Morgan fingerprint density at radius 1 is 1.46 bits per heavy atom. The Morgan fingerprint density at radius 2 is 2.15 bits per heavy atom. The molecule has 1 rings (SSSR count). The Bertz CT molecular complexity index is 321. The molecule has 0 saturated carbocycles. The number of rotatable bonds is 2. The average molecular weight is 176 g/mol. The fourth-order valence-corrected chi connectivity index (χ4v) is 1.30. The topological polar surface area (TPSA) is 26.3 Å². The molecule has 0 heterocycles. The van der Waals surface area contributed by atoms with E-state index in [9.17, 15) is 4.79 Å². The van der Waals surface area contributed by atoms with Crippen LogP contribution in [-0.4, -0.2) is 20.9 Å². The van der Waals surface area contributed by atoms with Gasteiger partial charge in [-0.1, -0.05) is 23.5 Å². The first-order valence-electron chi connectivity index (χ1n) is 4.36. The molecule has 3 heteroatoms. The van der Waals surface area contributed by atoms with Crippen LogP contribution in [0.1, 0.15) is 21.5 Å². The van der Waals surface area contributed by atoms with Crippen LogP contribution in [0.3, 0.4) is 0 Å². The van der Waals surface area contributed by atoms with Crippen molar-refractivity contribution in [1.82, 2.24) is 0 Å². The van der Waals surface area contributed by atoms with Crippen LogP contribution in [0.4, 0.5) is 0 Å². The second-order valence-corrected chi connectivity index (χ2v) is 3.05. The monoisotopic (exact) mass is 176 g/mol. The van der Waals surface area contributed by atoms with E-state index in [1.54, 1.807) is 0 Å². The molecule has 0 amide bonds. The fraction of sp³-hybridized carbons (Fsp3) is 0.300. The summed E-state index contributed by atoms with van der Waals surface area (Å²) in [7, 11) is 3.46. The zero-order valence-corrected chi connectivity index (χ0v) is 8.26. The number of esters is 1. The maximum Gasteiger partial charge on any atom is 0.337 e. The minimum Gasteiger partial charge on any atom is -0.465 e. The number of hydrogen-bond donors (Lipinski definition) is 0. The number of ether oxygens (including phenoxy) is 1. The predicted octanol–water partition coefficient (Wildman–Crippen LogP) is 0.915. The fourth-order valence-electron chi connectivity index (χ4n) is 1.30. The van der Waals surface area contributed by atoms with Gasteiger partial charge in [-0.2, -0.15) is 0 Å². The maximum absolute atomic E-state index is 11.2. The largest absolute Gasteiger partial charge is 0.465 e. The van der Waals surface area contributed by atoms with Crippen LogP contribution in [0.25, 0.3) is 0 Å². The van der Waals surface area contributed by atoms with E-state index in [0.29, 0.717) is 5.56 Å². The van der Waals surface area contributed by atoms with Gasteiger partial charge in [0.25, 0.3) is 0 Å². The van der Waals surface area contributed by atoms with E-state index in [1.165, 1.54) is 12.7 Å². The number of hydrogen-bond acceptors (Lipinski definition) is 2. The van der Waals surface area contributed by atoms with Crippen LogP contribution in [0.15, 0.2) is 18.2 Å². The molecule has 0 aromatic heterocycles. The van der Waals surface area contributed by atoms with Crippen LogP contribution < -0.4 is 0 Å². The Morgan fingerprint density at radius 3 is 2.69 bits per heavy atom. The lowest BCUT2D eigenvalue weighted by Crippen LogP contribution is -2.02. The molecular formula is C10H13BO2. The summed E-state index contributed by atoms with van der Waals surface area (Å²) in [6.45, 7) is 1.98. The minimum atomic E-state index is -0.265. The number of aryl methyl sites for hydroxylation is 1. The molecule has 0 N–H and O–H groups in total. The van der Waals surface area contributed by atoms with Crippen LogP contribution in [-0.2, 0) is 11.1 Å². The van der Waals surface area contributed by atoms with E-state index in [4.69, 9.17) is 0 Å². The Labute approximate surface area is 79.3 Å². The van der Waals surface area contributed by atoms with E-state index in [1.807, 2.05) is 19.1 Å². The highest BCUT2D eigenvalue weighted by atomic mass is 16.5. The molecule has 0 radical (unpaired) electrons. The van der Waals surface area contributed by atoms with Gasteiger partial charge in [-0.3, -0.25) is 0 Å². The molecule has 0 aliphatic rings. The van der Waals surface area contributed by atoms with Gasteiger partial charge in [0.1, 0.15) is 7.85 Å². The van der Waals surface area contributed by atoms with E-state index >= 15 is 0 Å². The third kappa shape index (κ3) is 2.34. The van der Waals surface area contributed by atoms with Gasteiger partial charge in [0.15, 0.2) is 0 Å². The molecule has 0 aliphatic heterocycles. The van der Waals surface area contributed by atoms with Crippen molar-refractivity contribution < 1.29 is 9.53 Å². The predicted molar refractivity (Wildman–Crippen MR) is 54.8 cm³/mol. The molecule has 0 atom stereocenters. The molecule has 13 heavy (non-hydrogen) atoms. The molecule has 1 aromatic carbocycles. The van der Waals surface area contributed by atoms with Crippen molar-refractivity contribution in [2.24, 2.45) is 0 Å². The lowest BCUT2D eigenvalue weighted by atomic mass is 9.94. The second kappa shape index (κ2) is 4.12. The van der Waals surface area contributed by atoms with Gasteiger partial charge in [0.2, 0.25) is 0 Å². The summed E-state index contributed by atoms with van der Waals surface area (Å²) in [5, 5.41) is 0. The Kier molecular flexibility index (Phi) is 3.12. The standard InChI is InChI=1S/C10H13BO2/c1-7-3-8(6-11)5-9(4-7)10(12)13-2/h3-5H,6,11H2,1-2H3. The van der Waals surface area contributed by atoms with Gasteiger partial charge < -0.3 is 4.74 Å². The zero-order valence-electron chi connectivity index (χ0n) is 8.26. The van der Waals surface area contributed by atoms with Gasteiger partial charge in [-0.05, 0) is 19.1 Å². The van der Waals surface area contributed by atoms with Crippen LogP contribution in [0.5, 0.6) is 0 Å². The quantitative estimate of drug-likeness (QED) is 0.494. The summed E-state index contributed by atoms with van der Waals surface area (Å²) in [5.74, 6) is -0.265. The summed E-state index contributed by atoms with van der Waals surface area (Å²) < 4.78 is 4.65. The first kappa shape index (κ1) is 9.84. The maximum atomic E-state index is 11.2. The van der Waals surface area contributed by atoms with E-state index in [0.717, 1.165) is 11.9 Å². The molecule has 68 valence electrons. The lowest BCUT2D eigenvalue weighted by Gasteiger charge is -2.03. The first-order chi connectivity index (χ1) is 6.17. The van der Waals surface area contributed by atoms with Crippen molar-refractivity contribution in [3.05, 3.63) is 34.9 Å². The van der Waals surface area contributed by atoms with E-state index in [-0.39, 0.29) is 5.97 Å². The summed E-state index contributed by atoms with van der Waals surface area (Å²) in [5.41, 5.74) is 2.90. The van der Waals surface area contributed by atoms with Crippen molar-refractivity contribution in [1.29, 1.82) is 0 Å². The average Bonchev–Trinajstić information content (AvgIpc) is 2.15. The molecule has 1 aromatic rings. The molecule has 2 nitrogen and oxygen atoms in total. The summed E-state index contributed by atoms with van der Waals surface area (Å²) in [6, 6.07) is 5.79. The molecule has 0 bridgehead atoms. The molecule has 0 saturated heterocycles. The molecule has 0 aliphatic carbocycles. The SMILES string of the molecule is BCc1cc(C)cc(C(=O)OC)c1. The molecule has 0 unspecified atom stereocenters. The normalized spacial score (nSPS) is 9.69. The minimum absolute atomic E-state index is 0.265. The van der Waals surface area contributed by atoms with Gasteiger partial charge in [-0.25, -0.2) is 4.79 Å². The van der Waals surface area contributed by atoms with Gasteiger partial charge >= 0.3 is 5.97 Å². The first-order valence-corrected chi connectivity index (χ1v) is 4.36. The van der Waals surface area contributed by atoms with Crippen LogP contribution in [0.2, 0.25) is 0 Å². The smallest absolute Gasteiger partial charge is 0.337 e. The van der Waals surface area contributed by atoms with Gasteiger partial charge in [-0.15, -0.1) is 0 Å². The highest BCUT2D eigenvalue weighted by Gasteiger charge is 2.05.